The molecule has 0 fully saturated rings. The van der Waals surface area contributed by atoms with Crippen molar-refractivity contribution in [2.75, 3.05) is 25.6 Å². The van der Waals surface area contributed by atoms with Gasteiger partial charge in [-0.2, -0.15) is 0 Å². The van der Waals surface area contributed by atoms with E-state index < -0.39 is 0 Å². The second-order valence-corrected chi connectivity index (χ2v) is 5.11. The fourth-order valence-electron chi connectivity index (χ4n) is 1.53. The maximum Gasteiger partial charge on any atom is 0.170 e. The molecule has 3 nitrogen and oxygen atoms in total. The van der Waals surface area contributed by atoms with Crippen LogP contribution in [-0.2, 0) is 4.74 Å². The first-order chi connectivity index (χ1) is 8.04. The van der Waals surface area contributed by atoms with Crippen LogP contribution in [0.4, 0.5) is 5.69 Å². The van der Waals surface area contributed by atoms with Gasteiger partial charge in [-0.15, -0.1) is 0 Å². The number of ether oxygens (including phenoxy) is 1. The van der Waals surface area contributed by atoms with Crippen molar-refractivity contribution in [1.82, 2.24) is 5.32 Å². The molecule has 1 aromatic rings. The number of hydrogen-bond acceptors (Lipinski definition) is 2. The SMILES string of the molecule is COCCNC(=S)Nc1c(C)cc(Br)cc1C. The molecule has 0 spiro atoms. The number of aryl methyl sites for hydroxylation is 2. The van der Waals surface area contributed by atoms with Crippen LogP contribution in [0, 0.1) is 13.8 Å². The lowest BCUT2D eigenvalue weighted by atomic mass is 10.1. The minimum atomic E-state index is 0.621. The van der Waals surface area contributed by atoms with Gasteiger partial charge in [-0.05, 0) is 49.3 Å². The fourth-order valence-corrected chi connectivity index (χ4v) is 2.42. The molecule has 0 atom stereocenters. The van der Waals surface area contributed by atoms with Crippen LogP contribution < -0.4 is 10.6 Å². The topological polar surface area (TPSA) is 33.3 Å². The molecule has 1 aromatic carbocycles. The zero-order valence-electron chi connectivity index (χ0n) is 10.3. The second kappa shape index (κ2) is 6.93. The molecule has 0 saturated heterocycles. The third-order valence-corrected chi connectivity index (χ3v) is 3.03. The molecule has 5 heteroatoms. The normalized spacial score (nSPS) is 10.1. The van der Waals surface area contributed by atoms with Gasteiger partial charge in [0.05, 0.1) is 6.61 Å². The maximum absolute atomic E-state index is 5.21. The predicted octanol–water partition coefficient (Wildman–Crippen LogP) is 3.00. The van der Waals surface area contributed by atoms with Crippen LogP contribution in [0.2, 0.25) is 0 Å². The number of halogens is 1. The van der Waals surface area contributed by atoms with Crippen LogP contribution in [0.5, 0.6) is 0 Å². The van der Waals surface area contributed by atoms with Crippen LogP contribution in [0.3, 0.4) is 0 Å². The Hall–Kier alpha value is -0.650. The van der Waals surface area contributed by atoms with Crippen LogP contribution in [0.25, 0.3) is 0 Å². The molecule has 2 N–H and O–H groups in total. The highest BCUT2D eigenvalue weighted by atomic mass is 79.9. The van der Waals surface area contributed by atoms with E-state index >= 15 is 0 Å². The van der Waals surface area contributed by atoms with Crippen molar-refractivity contribution in [3.8, 4) is 0 Å². The van der Waals surface area contributed by atoms with E-state index in [1.54, 1.807) is 7.11 Å². The van der Waals surface area contributed by atoms with E-state index in [1.807, 2.05) is 0 Å². The molecule has 0 saturated carbocycles. The number of thiocarbonyl (C=S) groups is 1. The Morgan fingerprint density at radius 1 is 1.35 bits per heavy atom. The summed E-state index contributed by atoms with van der Waals surface area (Å²) in [6, 6.07) is 4.13. The lowest BCUT2D eigenvalue weighted by Gasteiger charge is -2.15. The number of benzene rings is 1. The van der Waals surface area contributed by atoms with E-state index in [1.165, 1.54) is 0 Å². The summed E-state index contributed by atoms with van der Waals surface area (Å²) >= 11 is 8.68. The van der Waals surface area contributed by atoms with Crippen LogP contribution in [-0.4, -0.2) is 25.4 Å². The van der Waals surface area contributed by atoms with Crippen molar-refractivity contribution in [2.24, 2.45) is 0 Å². The number of methoxy groups -OCH3 is 1. The van der Waals surface area contributed by atoms with Crippen molar-refractivity contribution in [1.29, 1.82) is 0 Å². The van der Waals surface area contributed by atoms with Gasteiger partial charge in [0.2, 0.25) is 0 Å². The summed E-state index contributed by atoms with van der Waals surface area (Å²) < 4.78 is 6.03. The Bertz CT molecular complexity index is 386. The molecule has 17 heavy (non-hydrogen) atoms. The Morgan fingerprint density at radius 2 is 1.94 bits per heavy atom. The Morgan fingerprint density at radius 3 is 2.47 bits per heavy atom. The predicted molar refractivity (Wildman–Crippen MR) is 79.7 cm³/mol. The summed E-state index contributed by atoms with van der Waals surface area (Å²) in [5.41, 5.74) is 3.38. The van der Waals surface area contributed by atoms with Crippen molar-refractivity contribution in [3.05, 3.63) is 27.7 Å². The van der Waals surface area contributed by atoms with Crippen LogP contribution in [0.15, 0.2) is 16.6 Å². The van der Waals surface area contributed by atoms with Gasteiger partial charge in [-0.1, -0.05) is 15.9 Å². The summed E-state index contributed by atoms with van der Waals surface area (Å²) in [6.45, 7) is 5.45. The third kappa shape index (κ3) is 4.61. The van der Waals surface area contributed by atoms with Crippen molar-refractivity contribution < 1.29 is 4.74 Å². The van der Waals surface area contributed by atoms with E-state index in [9.17, 15) is 0 Å². The zero-order chi connectivity index (χ0) is 12.8. The molecule has 0 bridgehead atoms. The molecule has 0 aliphatic heterocycles. The Kier molecular flexibility index (Phi) is 5.88. The summed E-state index contributed by atoms with van der Waals surface area (Å²) in [5.74, 6) is 0. The van der Waals surface area contributed by atoms with Gasteiger partial charge >= 0.3 is 0 Å². The van der Waals surface area contributed by atoms with E-state index in [2.05, 4.69) is 52.5 Å². The highest BCUT2D eigenvalue weighted by molar-refractivity contribution is 9.10. The third-order valence-electron chi connectivity index (χ3n) is 2.33. The van der Waals surface area contributed by atoms with E-state index in [4.69, 9.17) is 17.0 Å². The highest BCUT2D eigenvalue weighted by Crippen LogP contribution is 2.24. The van der Waals surface area contributed by atoms with Crippen molar-refractivity contribution in [2.45, 2.75) is 13.8 Å². The molecule has 0 aliphatic rings. The number of rotatable bonds is 4. The second-order valence-electron chi connectivity index (χ2n) is 3.79. The molecule has 94 valence electrons. The average Bonchev–Trinajstić information content (AvgIpc) is 2.24. The number of hydrogen-bond donors (Lipinski definition) is 2. The summed E-state index contributed by atoms with van der Waals surface area (Å²) in [6.07, 6.45) is 0. The minimum Gasteiger partial charge on any atom is -0.383 e. The van der Waals surface area contributed by atoms with E-state index in [-0.39, 0.29) is 0 Å². The monoisotopic (exact) mass is 316 g/mol. The molecular weight excluding hydrogens is 300 g/mol. The van der Waals surface area contributed by atoms with Gasteiger partial charge in [0.15, 0.2) is 5.11 Å². The van der Waals surface area contributed by atoms with Gasteiger partial charge in [-0.3, -0.25) is 0 Å². The molecule has 0 heterocycles. The fraction of sp³-hybridized carbons (Fsp3) is 0.417. The quantitative estimate of drug-likeness (QED) is 0.661. The first-order valence-electron chi connectivity index (χ1n) is 5.35. The van der Waals surface area contributed by atoms with E-state index in [0.717, 1.165) is 21.3 Å². The first kappa shape index (κ1) is 14.4. The molecule has 0 unspecified atom stereocenters. The average molecular weight is 317 g/mol. The molecule has 0 amide bonds. The summed E-state index contributed by atoms with van der Waals surface area (Å²) in [7, 11) is 1.67. The molecule has 0 aliphatic carbocycles. The van der Waals surface area contributed by atoms with Crippen molar-refractivity contribution in [3.63, 3.8) is 0 Å². The number of anilines is 1. The van der Waals surface area contributed by atoms with Gasteiger partial charge in [0.1, 0.15) is 0 Å². The van der Waals surface area contributed by atoms with Gasteiger partial charge in [0.25, 0.3) is 0 Å². The van der Waals surface area contributed by atoms with Gasteiger partial charge in [0, 0.05) is 23.8 Å². The highest BCUT2D eigenvalue weighted by Gasteiger charge is 2.05. The lowest BCUT2D eigenvalue weighted by Crippen LogP contribution is -2.31. The standard InChI is InChI=1S/C12H17BrN2OS/c1-8-6-10(13)7-9(2)11(8)15-12(17)14-4-5-16-3/h6-7H,4-5H2,1-3H3,(H2,14,15,17). The maximum atomic E-state index is 5.21. The van der Waals surface area contributed by atoms with Crippen LogP contribution >= 0.6 is 28.1 Å². The summed E-state index contributed by atoms with van der Waals surface area (Å²) in [4.78, 5) is 0. The van der Waals surface area contributed by atoms with E-state index in [0.29, 0.717) is 18.3 Å². The van der Waals surface area contributed by atoms with Crippen molar-refractivity contribution >= 4 is 38.9 Å². The first-order valence-corrected chi connectivity index (χ1v) is 6.55. The summed E-state index contributed by atoms with van der Waals surface area (Å²) in [5, 5.41) is 6.91. The molecule has 0 aromatic heterocycles. The van der Waals surface area contributed by atoms with Gasteiger partial charge in [-0.25, -0.2) is 0 Å². The van der Waals surface area contributed by atoms with Gasteiger partial charge < -0.3 is 15.4 Å². The zero-order valence-corrected chi connectivity index (χ0v) is 12.7. The molecule has 1 rings (SSSR count). The van der Waals surface area contributed by atoms with Crippen LogP contribution in [0.1, 0.15) is 11.1 Å². The lowest BCUT2D eigenvalue weighted by molar-refractivity contribution is 0.204. The smallest absolute Gasteiger partial charge is 0.170 e. The Labute approximate surface area is 116 Å². The Balaban J connectivity index is 2.65. The molecule has 0 radical (unpaired) electrons. The largest absolute Gasteiger partial charge is 0.383 e. The number of nitrogens with one attached hydrogen (secondary N) is 2. The molecular formula is C12H17BrN2OS. The minimum absolute atomic E-state index is 0.621.